The van der Waals surface area contributed by atoms with E-state index in [0.29, 0.717) is 6.67 Å². The Morgan fingerprint density at radius 2 is 1.00 bits per heavy atom. The van der Waals surface area contributed by atoms with Gasteiger partial charge in [-0.05, 0) is 165 Å². The van der Waals surface area contributed by atoms with Gasteiger partial charge in [0.25, 0.3) is 0 Å². The third kappa shape index (κ3) is 9.08. The predicted octanol–water partition coefficient (Wildman–Crippen LogP) is 18.7. The van der Waals surface area contributed by atoms with E-state index in [1.165, 1.54) is 78.1 Å². The standard InChI is InChI=1S/C67H72N4O/c1-42-33-62(68-40-57(42)45-23-26-47(27-24-45)64(4,5)6)71-58-30-25-46(63-43(2)31-48(32-44(63)3)65(7,8)9)34-56(58)55-29-28-54(39-61(55)71)72-53-20-18-19-51(38-53)69-41-70(60-22-17-16-21-59(60)69)52-36-49(66(10,11)12)35-50(37-52)67(13,14)15/h16-40H,41H2,1-15H3. The Morgan fingerprint density at radius 1 is 0.431 bits per heavy atom. The number of rotatable bonds is 7. The van der Waals surface area contributed by atoms with Crippen LogP contribution in [0.4, 0.5) is 22.7 Å². The van der Waals surface area contributed by atoms with Crippen LogP contribution in [0.25, 0.3) is 49.9 Å². The molecule has 0 aliphatic carbocycles. The van der Waals surface area contributed by atoms with Crippen LogP contribution in [-0.4, -0.2) is 16.2 Å². The monoisotopic (exact) mass is 949 g/mol. The van der Waals surface area contributed by atoms with Gasteiger partial charge in [-0.1, -0.05) is 150 Å². The Kier molecular flexibility index (Phi) is 11.8. The Labute approximate surface area is 429 Å². The largest absolute Gasteiger partial charge is 0.457 e. The third-order valence-corrected chi connectivity index (χ3v) is 14.9. The first-order chi connectivity index (χ1) is 33.9. The van der Waals surface area contributed by atoms with Gasteiger partial charge in [-0.3, -0.25) is 4.57 Å². The van der Waals surface area contributed by atoms with E-state index in [9.17, 15) is 0 Å². The van der Waals surface area contributed by atoms with Crippen molar-refractivity contribution in [2.75, 3.05) is 16.5 Å². The molecular formula is C67H72N4O. The highest BCUT2D eigenvalue weighted by molar-refractivity contribution is 6.11. The van der Waals surface area contributed by atoms with Crippen molar-refractivity contribution in [3.05, 3.63) is 191 Å². The Bertz CT molecular complexity index is 3490. The summed E-state index contributed by atoms with van der Waals surface area (Å²) in [4.78, 5) is 10.1. The molecule has 1 aliphatic heterocycles. The Balaban J connectivity index is 1.04. The molecule has 1 aliphatic rings. The van der Waals surface area contributed by atoms with E-state index in [4.69, 9.17) is 9.72 Å². The average Bonchev–Trinajstić information content (AvgIpc) is 3.86. The predicted molar refractivity (Wildman–Crippen MR) is 307 cm³/mol. The number of benzene rings is 7. The van der Waals surface area contributed by atoms with Crippen molar-refractivity contribution < 1.29 is 4.74 Å². The summed E-state index contributed by atoms with van der Waals surface area (Å²) >= 11 is 0. The number of ether oxygens (including phenoxy) is 1. The SMILES string of the molecule is Cc1cc(-n2c3ccc(-c4c(C)cc(C(C)(C)C)cc4C)cc3c3ccc(Oc4cccc(N5CN(c6cc(C(C)(C)C)cc(C(C)(C)C)c6)c6ccccc65)c4)cc32)ncc1-c1ccc(C(C)(C)C)cc1. The molecule has 3 heterocycles. The summed E-state index contributed by atoms with van der Waals surface area (Å²) in [6.07, 6.45) is 2.04. The maximum Gasteiger partial charge on any atom is 0.137 e. The maximum atomic E-state index is 6.90. The molecule has 5 heteroatoms. The van der Waals surface area contributed by atoms with E-state index >= 15 is 0 Å². The second-order valence-corrected chi connectivity index (χ2v) is 24.5. The average molecular weight is 949 g/mol. The summed E-state index contributed by atoms with van der Waals surface area (Å²) in [5, 5.41) is 2.32. The summed E-state index contributed by atoms with van der Waals surface area (Å²) in [6, 6.07) is 53.8. The molecule has 0 saturated carbocycles. The van der Waals surface area contributed by atoms with Gasteiger partial charge in [0.2, 0.25) is 0 Å². The Morgan fingerprint density at radius 3 is 1.60 bits per heavy atom. The van der Waals surface area contributed by atoms with Crippen LogP contribution in [0.15, 0.2) is 152 Å². The molecule has 366 valence electrons. The first-order valence-corrected chi connectivity index (χ1v) is 25.8. The van der Waals surface area contributed by atoms with Crippen molar-refractivity contribution in [3.63, 3.8) is 0 Å². The zero-order valence-electron chi connectivity index (χ0n) is 45.3. The van der Waals surface area contributed by atoms with E-state index in [2.05, 4.69) is 264 Å². The lowest BCUT2D eigenvalue weighted by atomic mass is 9.80. The second kappa shape index (κ2) is 17.6. The number of aromatic nitrogens is 2. The van der Waals surface area contributed by atoms with Gasteiger partial charge in [-0.15, -0.1) is 0 Å². The smallest absolute Gasteiger partial charge is 0.137 e. The number of anilines is 4. The number of fused-ring (bicyclic) bond motifs is 4. The lowest BCUT2D eigenvalue weighted by molar-refractivity contribution is 0.483. The Hall–Kier alpha value is -7.11. The molecule has 0 radical (unpaired) electrons. The van der Waals surface area contributed by atoms with Crippen LogP contribution in [0.1, 0.15) is 122 Å². The van der Waals surface area contributed by atoms with Crippen LogP contribution < -0.4 is 14.5 Å². The van der Waals surface area contributed by atoms with E-state index in [1.54, 1.807) is 0 Å². The van der Waals surface area contributed by atoms with Crippen LogP contribution in [0.5, 0.6) is 11.5 Å². The van der Waals surface area contributed by atoms with E-state index in [-0.39, 0.29) is 21.7 Å². The van der Waals surface area contributed by atoms with Gasteiger partial charge in [0, 0.05) is 46.0 Å². The van der Waals surface area contributed by atoms with Gasteiger partial charge < -0.3 is 14.5 Å². The number of hydrogen-bond donors (Lipinski definition) is 0. The molecular weight excluding hydrogens is 877 g/mol. The van der Waals surface area contributed by atoms with Gasteiger partial charge in [0.1, 0.15) is 24.0 Å². The normalized spacial score (nSPS) is 13.4. The van der Waals surface area contributed by atoms with Crippen molar-refractivity contribution in [1.29, 1.82) is 0 Å². The second-order valence-electron chi connectivity index (χ2n) is 24.5. The number of aryl methyl sites for hydroxylation is 3. The minimum absolute atomic E-state index is 0.0115. The molecule has 72 heavy (non-hydrogen) atoms. The molecule has 0 atom stereocenters. The lowest BCUT2D eigenvalue weighted by Gasteiger charge is -2.29. The zero-order chi connectivity index (χ0) is 51.2. The van der Waals surface area contributed by atoms with Crippen LogP contribution in [0.2, 0.25) is 0 Å². The topological polar surface area (TPSA) is 33.5 Å². The highest BCUT2D eigenvalue weighted by Crippen LogP contribution is 2.47. The summed E-state index contributed by atoms with van der Waals surface area (Å²) in [5.41, 5.74) is 20.9. The van der Waals surface area contributed by atoms with Gasteiger partial charge in [0.15, 0.2) is 0 Å². The number of nitrogens with zero attached hydrogens (tertiary/aromatic N) is 4. The van der Waals surface area contributed by atoms with E-state index in [1.807, 2.05) is 6.20 Å². The molecule has 0 spiro atoms. The minimum Gasteiger partial charge on any atom is -0.457 e. The quantitative estimate of drug-likeness (QED) is 0.159. The highest BCUT2D eigenvalue weighted by atomic mass is 16.5. The molecule has 5 nitrogen and oxygen atoms in total. The van der Waals surface area contributed by atoms with Crippen LogP contribution >= 0.6 is 0 Å². The zero-order valence-corrected chi connectivity index (χ0v) is 45.3. The highest BCUT2D eigenvalue weighted by Gasteiger charge is 2.31. The van der Waals surface area contributed by atoms with Gasteiger partial charge >= 0.3 is 0 Å². The number of para-hydroxylation sites is 2. The molecule has 0 fully saturated rings. The lowest BCUT2D eigenvalue weighted by Crippen LogP contribution is -2.25. The summed E-state index contributed by atoms with van der Waals surface area (Å²) < 4.78 is 9.22. The maximum absolute atomic E-state index is 6.90. The number of hydrogen-bond acceptors (Lipinski definition) is 4. The van der Waals surface area contributed by atoms with Crippen LogP contribution in [-0.2, 0) is 21.7 Å². The number of pyridine rings is 1. The third-order valence-electron chi connectivity index (χ3n) is 14.9. The molecule has 2 aromatic heterocycles. The van der Waals surface area contributed by atoms with E-state index < -0.39 is 0 Å². The van der Waals surface area contributed by atoms with Crippen molar-refractivity contribution in [2.24, 2.45) is 0 Å². The van der Waals surface area contributed by atoms with Gasteiger partial charge in [-0.2, -0.15) is 0 Å². The molecule has 0 bridgehead atoms. The molecule has 10 rings (SSSR count). The van der Waals surface area contributed by atoms with E-state index in [0.717, 1.165) is 45.0 Å². The van der Waals surface area contributed by atoms with Crippen molar-refractivity contribution in [2.45, 2.75) is 126 Å². The summed E-state index contributed by atoms with van der Waals surface area (Å²) in [5.74, 6) is 2.41. The van der Waals surface area contributed by atoms with Crippen LogP contribution in [0, 0.1) is 20.8 Å². The summed E-state index contributed by atoms with van der Waals surface area (Å²) in [6.45, 7) is 34.9. The fraction of sp³-hybridized carbons (Fsp3) is 0.299. The molecule has 0 N–H and O–H groups in total. The molecule has 7 aromatic carbocycles. The van der Waals surface area contributed by atoms with Crippen molar-refractivity contribution in [3.8, 4) is 39.6 Å². The fourth-order valence-electron chi connectivity index (χ4n) is 10.6. The first kappa shape index (κ1) is 48.5. The van der Waals surface area contributed by atoms with Gasteiger partial charge in [-0.25, -0.2) is 4.98 Å². The van der Waals surface area contributed by atoms with Crippen LogP contribution in [0.3, 0.4) is 0 Å². The minimum atomic E-state index is 0.0115. The molecule has 0 saturated heterocycles. The summed E-state index contributed by atoms with van der Waals surface area (Å²) in [7, 11) is 0. The van der Waals surface area contributed by atoms with Crippen molar-refractivity contribution >= 4 is 44.6 Å². The molecule has 0 unspecified atom stereocenters. The fourth-order valence-corrected chi connectivity index (χ4v) is 10.6. The first-order valence-electron chi connectivity index (χ1n) is 25.8. The van der Waals surface area contributed by atoms with Crippen molar-refractivity contribution in [1.82, 2.24) is 9.55 Å². The van der Waals surface area contributed by atoms with Gasteiger partial charge in [0.05, 0.1) is 22.4 Å². The molecule has 0 amide bonds. The molecule has 9 aromatic rings.